The van der Waals surface area contributed by atoms with E-state index < -0.39 is 11.8 Å². The van der Waals surface area contributed by atoms with Crippen LogP contribution in [0.15, 0.2) is 18.2 Å². The van der Waals surface area contributed by atoms with E-state index in [9.17, 15) is 9.18 Å². The third-order valence-electron chi connectivity index (χ3n) is 2.36. The summed E-state index contributed by atoms with van der Waals surface area (Å²) in [5, 5.41) is 6.72. The first-order valence-electron chi connectivity index (χ1n) is 5.62. The van der Waals surface area contributed by atoms with Gasteiger partial charge in [-0.05, 0) is 30.7 Å². The first-order chi connectivity index (χ1) is 9.10. The fraction of sp³-hybridized carbons (Fsp3) is 0.250. The highest BCUT2D eigenvalue weighted by Crippen LogP contribution is 2.17. The first kappa shape index (κ1) is 13.5. The SMILES string of the molecule is CCOC(=O)c1n[nH]c(Cc2cc(Cl)ccc2F)n1. The molecule has 0 fully saturated rings. The minimum absolute atomic E-state index is 0.0701. The van der Waals surface area contributed by atoms with Gasteiger partial charge in [-0.3, -0.25) is 5.10 Å². The van der Waals surface area contributed by atoms with E-state index in [2.05, 4.69) is 15.2 Å². The van der Waals surface area contributed by atoms with Crippen molar-refractivity contribution in [2.75, 3.05) is 6.61 Å². The minimum Gasteiger partial charge on any atom is -0.460 e. The van der Waals surface area contributed by atoms with Crippen LogP contribution in [0.3, 0.4) is 0 Å². The minimum atomic E-state index is -0.614. The number of H-pyrrole nitrogens is 1. The monoisotopic (exact) mass is 283 g/mol. The van der Waals surface area contributed by atoms with Crippen molar-refractivity contribution < 1.29 is 13.9 Å². The highest BCUT2D eigenvalue weighted by molar-refractivity contribution is 6.30. The van der Waals surface area contributed by atoms with Crippen LogP contribution in [0.25, 0.3) is 0 Å². The van der Waals surface area contributed by atoms with Crippen molar-refractivity contribution in [2.24, 2.45) is 0 Å². The summed E-state index contributed by atoms with van der Waals surface area (Å²) in [6.45, 7) is 1.93. The molecule has 1 aromatic heterocycles. The van der Waals surface area contributed by atoms with E-state index in [1.165, 1.54) is 18.2 Å². The quantitative estimate of drug-likeness (QED) is 0.875. The van der Waals surface area contributed by atoms with Crippen LogP contribution in [-0.2, 0) is 11.2 Å². The van der Waals surface area contributed by atoms with Crippen LogP contribution in [0.5, 0.6) is 0 Å². The summed E-state index contributed by atoms with van der Waals surface area (Å²) in [5.74, 6) is -0.710. The average Bonchev–Trinajstić information content (AvgIpc) is 2.83. The summed E-state index contributed by atoms with van der Waals surface area (Å²) in [6, 6.07) is 4.24. The Hall–Kier alpha value is -1.95. The van der Waals surface area contributed by atoms with Crippen molar-refractivity contribution in [1.82, 2.24) is 15.2 Å². The van der Waals surface area contributed by atoms with Gasteiger partial charge in [-0.2, -0.15) is 0 Å². The Morgan fingerprint density at radius 2 is 2.32 bits per heavy atom. The summed E-state index contributed by atoms with van der Waals surface area (Å²) in [7, 11) is 0. The van der Waals surface area contributed by atoms with Crippen molar-refractivity contribution >= 4 is 17.6 Å². The van der Waals surface area contributed by atoms with Crippen LogP contribution in [0, 0.1) is 5.82 Å². The fourth-order valence-electron chi connectivity index (χ4n) is 1.52. The molecule has 0 spiro atoms. The molecule has 0 radical (unpaired) electrons. The summed E-state index contributed by atoms with van der Waals surface area (Å²) >= 11 is 5.79. The Labute approximate surface area is 113 Å². The van der Waals surface area contributed by atoms with Gasteiger partial charge in [0.1, 0.15) is 11.6 Å². The Bertz CT molecular complexity index is 600. The molecular weight excluding hydrogens is 273 g/mol. The number of hydrogen-bond donors (Lipinski definition) is 1. The molecule has 19 heavy (non-hydrogen) atoms. The number of ether oxygens (including phenoxy) is 1. The summed E-state index contributed by atoms with van der Waals surface area (Å²) < 4.78 is 18.3. The molecule has 5 nitrogen and oxygen atoms in total. The Morgan fingerprint density at radius 3 is 3.05 bits per heavy atom. The van der Waals surface area contributed by atoms with Gasteiger partial charge in [0.25, 0.3) is 5.82 Å². The topological polar surface area (TPSA) is 67.9 Å². The maximum atomic E-state index is 13.5. The van der Waals surface area contributed by atoms with E-state index in [4.69, 9.17) is 16.3 Å². The lowest BCUT2D eigenvalue weighted by atomic mass is 10.1. The third kappa shape index (κ3) is 3.29. The second-order valence-corrected chi connectivity index (χ2v) is 4.18. The number of halogens is 2. The number of aromatic nitrogens is 3. The molecule has 1 heterocycles. The van der Waals surface area contributed by atoms with Gasteiger partial charge in [0.2, 0.25) is 0 Å². The Kier molecular flexibility index (Phi) is 4.11. The number of aromatic amines is 1. The molecule has 0 aliphatic heterocycles. The molecule has 2 rings (SSSR count). The lowest BCUT2D eigenvalue weighted by molar-refractivity contribution is 0.0512. The third-order valence-corrected chi connectivity index (χ3v) is 2.59. The predicted molar refractivity (Wildman–Crippen MR) is 66.6 cm³/mol. The van der Waals surface area contributed by atoms with Gasteiger partial charge >= 0.3 is 5.97 Å². The number of carbonyl (C=O) groups excluding carboxylic acids is 1. The van der Waals surface area contributed by atoms with Crippen molar-refractivity contribution in [1.29, 1.82) is 0 Å². The molecule has 1 aromatic carbocycles. The van der Waals surface area contributed by atoms with Gasteiger partial charge in [0, 0.05) is 11.4 Å². The molecule has 0 aliphatic carbocycles. The number of nitrogens with one attached hydrogen (secondary N) is 1. The normalized spacial score (nSPS) is 10.5. The molecule has 0 saturated carbocycles. The second-order valence-electron chi connectivity index (χ2n) is 3.74. The Balaban J connectivity index is 2.15. The summed E-state index contributed by atoms with van der Waals surface area (Å²) in [6.07, 6.45) is 0.165. The number of rotatable bonds is 4. The second kappa shape index (κ2) is 5.79. The van der Waals surface area contributed by atoms with Crippen molar-refractivity contribution in [3.8, 4) is 0 Å². The van der Waals surface area contributed by atoms with E-state index in [-0.39, 0.29) is 18.9 Å². The zero-order chi connectivity index (χ0) is 13.8. The van der Waals surface area contributed by atoms with Gasteiger partial charge in [-0.1, -0.05) is 11.6 Å². The molecule has 1 N–H and O–H groups in total. The highest BCUT2D eigenvalue weighted by Gasteiger charge is 2.14. The van der Waals surface area contributed by atoms with Gasteiger partial charge < -0.3 is 4.74 Å². The van der Waals surface area contributed by atoms with Crippen molar-refractivity contribution in [2.45, 2.75) is 13.3 Å². The molecule has 0 bridgehead atoms. The van der Waals surface area contributed by atoms with E-state index in [1.807, 2.05) is 0 Å². The number of hydrogen-bond acceptors (Lipinski definition) is 4. The zero-order valence-corrected chi connectivity index (χ0v) is 10.9. The lowest BCUT2D eigenvalue weighted by Gasteiger charge is -2.00. The van der Waals surface area contributed by atoms with Crippen molar-refractivity contribution in [3.05, 3.63) is 46.3 Å². The highest BCUT2D eigenvalue weighted by atomic mass is 35.5. The molecule has 100 valence electrons. The number of benzene rings is 1. The summed E-state index contributed by atoms with van der Waals surface area (Å²) in [5.41, 5.74) is 0.374. The number of carbonyl (C=O) groups is 1. The molecule has 0 atom stereocenters. The average molecular weight is 284 g/mol. The molecule has 7 heteroatoms. The molecule has 2 aromatic rings. The smallest absolute Gasteiger partial charge is 0.378 e. The van der Waals surface area contributed by atoms with Crippen LogP contribution in [-0.4, -0.2) is 27.8 Å². The van der Waals surface area contributed by atoms with E-state index in [0.29, 0.717) is 16.4 Å². The van der Waals surface area contributed by atoms with E-state index in [1.54, 1.807) is 6.92 Å². The number of esters is 1. The maximum Gasteiger partial charge on any atom is 0.378 e. The molecule has 0 amide bonds. The van der Waals surface area contributed by atoms with Crippen LogP contribution >= 0.6 is 11.6 Å². The largest absolute Gasteiger partial charge is 0.460 e. The number of nitrogens with zero attached hydrogens (tertiary/aromatic N) is 2. The van der Waals surface area contributed by atoms with Gasteiger partial charge in [0.05, 0.1) is 6.61 Å². The Morgan fingerprint density at radius 1 is 1.53 bits per heavy atom. The molecule has 0 unspecified atom stereocenters. The fourth-order valence-corrected chi connectivity index (χ4v) is 1.72. The first-order valence-corrected chi connectivity index (χ1v) is 6.00. The molecular formula is C12H11ClFN3O2. The van der Waals surface area contributed by atoms with Gasteiger partial charge in [0.15, 0.2) is 0 Å². The van der Waals surface area contributed by atoms with Gasteiger partial charge in [-0.15, -0.1) is 5.10 Å². The van der Waals surface area contributed by atoms with Crippen LogP contribution in [0.2, 0.25) is 5.02 Å². The molecule has 0 saturated heterocycles. The van der Waals surface area contributed by atoms with Crippen LogP contribution in [0.4, 0.5) is 4.39 Å². The van der Waals surface area contributed by atoms with Gasteiger partial charge in [-0.25, -0.2) is 14.2 Å². The van der Waals surface area contributed by atoms with Crippen LogP contribution in [0.1, 0.15) is 28.9 Å². The zero-order valence-electron chi connectivity index (χ0n) is 10.1. The standard InChI is InChI=1S/C12H11ClFN3O2/c1-2-19-12(18)11-15-10(16-17-11)6-7-5-8(13)3-4-9(7)14/h3-5H,2,6H2,1H3,(H,15,16,17). The van der Waals surface area contributed by atoms with Crippen molar-refractivity contribution in [3.63, 3.8) is 0 Å². The van der Waals surface area contributed by atoms with Crippen LogP contribution < -0.4 is 0 Å². The molecule has 0 aliphatic rings. The summed E-state index contributed by atoms with van der Waals surface area (Å²) in [4.78, 5) is 15.3. The van der Waals surface area contributed by atoms with E-state index >= 15 is 0 Å². The maximum absolute atomic E-state index is 13.5. The predicted octanol–water partition coefficient (Wildman–Crippen LogP) is 2.36. The lowest BCUT2D eigenvalue weighted by Crippen LogP contribution is -2.06. The van der Waals surface area contributed by atoms with E-state index in [0.717, 1.165) is 0 Å².